The Morgan fingerprint density at radius 3 is 2.83 bits per heavy atom. The lowest BCUT2D eigenvalue weighted by atomic mass is 9.97. The maximum atomic E-state index is 6.37. The number of hydrogen-bond donors (Lipinski definition) is 1. The van der Waals surface area contributed by atoms with Crippen LogP contribution in [0.3, 0.4) is 0 Å². The Morgan fingerprint density at radius 1 is 1.17 bits per heavy atom. The van der Waals surface area contributed by atoms with E-state index < -0.39 is 0 Å². The van der Waals surface area contributed by atoms with Crippen molar-refractivity contribution in [1.82, 2.24) is 0 Å². The third kappa shape index (κ3) is 2.12. The van der Waals surface area contributed by atoms with E-state index in [-0.39, 0.29) is 6.04 Å². The first-order valence-corrected chi connectivity index (χ1v) is 7.09. The second kappa shape index (κ2) is 4.90. The lowest BCUT2D eigenvalue weighted by molar-refractivity contribution is 0.357. The van der Waals surface area contributed by atoms with Gasteiger partial charge in [-0.3, -0.25) is 0 Å². The van der Waals surface area contributed by atoms with Crippen molar-refractivity contribution in [1.29, 1.82) is 0 Å². The van der Waals surface area contributed by atoms with Crippen LogP contribution in [0.25, 0.3) is 0 Å². The van der Waals surface area contributed by atoms with Crippen molar-refractivity contribution in [2.24, 2.45) is 5.73 Å². The first-order chi connectivity index (χ1) is 8.75. The van der Waals surface area contributed by atoms with Gasteiger partial charge in [0.2, 0.25) is 0 Å². The molecule has 0 bridgehead atoms. The maximum absolute atomic E-state index is 6.37. The van der Waals surface area contributed by atoms with Gasteiger partial charge in [0.1, 0.15) is 5.75 Å². The van der Waals surface area contributed by atoms with Crippen LogP contribution in [0, 0.1) is 3.57 Å². The predicted octanol–water partition coefficient (Wildman–Crippen LogP) is 3.27. The fourth-order valence-corrected chi connectivity index (χ4v) is 3.03. The SMILES string of the molecule is NC(c1ccc2c(c1)CCO2)c1ccccc1I. The van der Waals surface area contributed by atoms with Gasteiger partial charge >= 0.3 is 0 Å². The van der Waals surface area contributed by atoms with Gasteiger partial charge in [0.05, 0.1) is 12.6 Å². The molecule has 0 spiro atoms. The Kier molecular flexibility index (Phi) is 3.26. The molecule has 2 aromatic rings. The van der Waals surface area contributed by atoms with Gasteiger partial charge in [-0.15, -0.1) is 0 Å². The summed E-state index contributed by atoms with van der Waals surface area (Å²) in [5.41, 5.74) is 9.97. The number of fused-ring (bicyclic) bond motifs is 1. The molecule has 0 radical (unpaired) electrons. The van der Waals surface area contributed by atoms with Gasteiger partial charge in [-0.1, -0.05) is 30.3 Å². The molecule has 0 aliphatic carbocycles. The third-order valence-electron chi connectivity index (χ3n) is 3.31. The molecule has 1 aliphatic rings. The summed E-state index contributed by atoms with van der Waals surface area (Å²) in [6.07, 6.45) is 0.988. The van der Waals surface area contributed by atoms with Crippen LogP contribution in [0.1, 0.15) is 22.7 Å². The number of halogens is 1. The van der Waals surface area contributed by atoms with E-state index in [2.05, 4.69) is 46.9 Å². The van der Waals surface area contributed by atoms with Crippen LogP contribution < -0.4 is 10.5 Å². The number of nitrogens with two attached hydrogens (primary N) is 1. The third-order valence-corrected chi connectivity index (χ3v) is 4.30. The summed E-state index contributed by atoms with van der Waals surface area (Å²) in [6, 6.07) is 14.5. The highest BCUT2D eigenvalue weighted by Gasteiger charge is 2.16. The standard InChI is InChI=1S/C15H14INO/c16-13-4-2-1-3-12(13)15(17)11-5-6-14-10(9-11)7-8-18-14/h1-6,9,15H,7-8,17H2. The van der Waals surface area contributed by atoms with Gasteiger partial charge < -0.3 is 10.5 Å². The topological polar surface area (TPSA) is 35.2 Å². The van der Waals surface area contributed by atoms with E-state index in [0.717, 1.165) is 24.3 Å². The van der Waals surface area contributed by atoms with Gasteiger partial charge in [-0.05, 0) is 51.4 Å². The number of hydrogen-bond acceptors (Lipinski definition) is 2. The average Bonchev–Trinajstić information content (AvgIpc) is 2.85. The highest BCUT2D eigenvalue weighted by Crippen LogP contribution is 2.30. The van der Waals surface area contributed by atoms with Gasteiger partial charge in [0.15, 0.2) is 0 Å². The number of benzene rings is 2. The molecule has 2 nitrogen and oxygen atoms in total. The van der Waals surface area contributed by atoms with Crippen LogP contribution in [0.2, 0.25) is 0 Å². The molecule has 0 aromatic heterocycles. The number of rotatable bonds is 2. The molecule has 0 saturated heterocycles. The van der Waals surface area contributed by atoms with Gasteiger partial charge in [-0.2, -0.15) is 0 Å². The van der Waals surface area contributed by atoms with Crippen molar-refractivity contribution in [3.05, 3.63) is 62.7 Å². The van der Waals surface area contributed by atoms with E-state index >= 15 is 0 Å². The van der Waals surface area contributed by atoms with E-state index in [1.807, 2.05) is 18.2 Å². The van der Waals surface area contributed by atoms with Crippen LogP contribution in [0.5, 0.6) is 5.75 Å². The predicted molar refractivity (Wildman–Crippen MR) is 80.8 cm³/mol. The van der Waals surface area contributed by atoms with Gasteiger partial charge in [0.25, 0.3) is 0 Å². The molecule has 1 unspecified atom stereocenters. The molecule has 0 fully saturated rings. The molecule has 2 N–H and O–H groups in total. The average molecular weight is 351 g/mol. The molecular weight excluding hydrogens is 337 g/mol. The first kappa shape index (κ1) is 12.0. The molecule has 1 heterocycles. The Bertz CT molecular complexity index is 582. The summed E-state index contributed by atoms with van der Waals surface area (Å²) in [6.45, 7) is 0.789. The molecule has 2 aromatic carbocycles. The van der Waals surface area contributed by atoms with Crippen molar-refractivity contribution in [2.75, 3.05) is 6.61 Å². The Hall–Kier alpha value is -1.07. The van der Waals surface area contributed by atoms with Gasteiger partial charge in [-0.25, -0.2) is 0 Å². The summed E-state index contributed by atoms with van der Waals surface area (Å²) >= 11 is 2.33. The van der Waals surface area contributed by atoms with Crippen LogP contribution in [-0.2, 0) is 6.42 Å². The molecule has 0 amide bonds. The monoisotopic (exact) mass is 351 g/mol. The van der Waals surface area contributed by atoms with E-state index in [0.29, 0.717) is 0 Å². The van der Waals surface area contributed by atoms with Crippen molar-refractivity contribution in [2.45, 2.75) is 12.5 Å². The number of ether oxygens (including phenoxy) is 1. The second-order valence-corrected chi connectivity index (χ2v) is 5.63. The van der Waals surface area contributed by atoms with Crippen molar-refractivity contribution in [3.63, 3.8) is 0 Å². The summed E-state index contributed by atoms with van der Waals surface area (Å²) in [7, 11) is 0. The molecule has 1 atom stereocenters. The minimum Gasteiger partial charge on any atom is -0.493 e. The second-order valence-electron chi connectivity index (χ2n) is 4.46. The molecule has 0 saturated carbocycles. The van der Waals surface area contributed by atoms with Crippen LogP contribution in [0.4, 0.5) is 0 Å². The van der Waals surface area contributed by atoms with Crippen molar-refractivity contribution in [3.8, 4) is 5.75 Å². The fourth-order valence-electron chi connectivity index (χ4n) is 2.31. The molecule has 18 heavy (non-hydrogen) atoms. The Balaban J connectivity index is 1.98. The van der Waals surface area contributed by atoms with Crippen molar-refractivity contribution < 1.29 is 4.74 Å². The normalized spacial score (nSPS) is 15.0. The Morgan fingerprint density at radius 2 is 2.00 bits per heavy atom. The smallest absolute Gasteiger partial charge is 0.122 e. The molecule has 92 valence electrons. The fraction of sp³-hybridized carbons (Fsp3) is 0.200. The van der Waals surface area contributed by atoms with Crippen LogP contribution in [-0.4, -0.2) is 6.61 Å². The lowest BCUT2D eigenvalue weighted by Gasteiger charge is -2.15. The summed E-state index contributed by atoms with van der Waals surface area (Å²) < 4.78 is 6.73. The summed E-state index contributed by atoms with van der Waals surface area (Å²) in [5, 5.41) is 0. The van der Waals surface area contributed by atoms with Crippen LogP contribution in [0.15, 0.2) is 42.5 Å². The minimum absolute atomic E-state index is 0.0657. The zero-order valence-electron chi connectivity index (χ0n) is 9.90. The van der Waals surface area contributed by atoms with E-state index in [1.54, 1.807) is 0 Å². The maximum Gasteiger partial charge on any atom is 0.122 e. The molecule has 3 heteroatoms. The molecule has 3 rings (SSSR count). The van der Waals surface area contributed by atoms with Gasteiger partial charge in [0, 0.05) is 9.99 Å². The largest absolute Gasteiger partial charge is 0.493 e. The highest BCUT2D eigenvalue weighted by atomic mass is 127. The van der Waals surface area contributed by atoms with Crippen LogP contribution >= 0.6 is 22.6 Å². The van der Waals surface area contributed by atoms with E-state index in [9.17, 15) is 0 Å². The van der Waals surface area contributed by atoms with E-state index in [4.69, 9.17) is 10.5 Å². The van der Waals surface area contributed by atoms with Crippen molar-refractivity contribution >= 4 is 22.6 Å². The summed E-state index contributed by atoms with van der Waals surface area (Å²) in [5.74, 6) is 1.01. The lowest BCUT2D eigenvalue weighted by Crippen LogP contribution is -2.13. The van der Waals surface area contributed by atoms with E-state index in [1.165, 1.54) is 14.7 Å². The first-order valence-electron chi connectivity index (χ1n) is 6.01. The quantitative estimate of drug-likeness (QED) is 0.843. The Labute approximate surface area is 120 Å². The minimum atomic E-state index is -0.0657. The zero-order chi connectivity index (χ0) is 12.5. The molecular formula is C15H14INO. The zero-order valence-corrected chi connectivity index (χ0v) is 12.1. The summed E-state index contributed by atoms with van der Waals surface area (Å²) in [4.78, 5) is 0. The highest BCUT2D eigenvalue weighted by molar-refractivity contribution is 14.1. The molecule has 1 aliphatic heterocycles.